The summed E-state index contributed by atoms with van der Waals surface area (Å²) in [5, 5.41) is 5.30. The van der Waals surface area contributed by atoms with Crippen LogP contribution in [0.4, 0.5) is 18.9 Å². The van der Waals surface area contributed by atoms with Gasteiger partial charge < -0.3 is 10.6 Å². The summed E-state index contributed by atoms with van der Waals surface area (Å²) in [7, 11) is 0. The summed E-state index contributed by atoms with van der Waals surface area (Å²) in [6.07, 6.45) is 3.39. The average Bonchev–Trinajstić information content (AvgIpc) is 3.45. The monoisotopic (exact) mass is 369 g/mol. The quantitative estimate of drug-likeness (QED) is 0.784. The van der Waals surface area contributed by atoms with Crippen molar-refractivity contribution in [1.29, 1.82) is 0 Å². The van der Waals surface area contributed by atoms with Gasteiger partial charge in [0.15, 0.2) is 17.5 Å². The van der Waals surface area contributed by atoms with Gasteiger partial charge in [0, 0.05) is 12.0 Å². The summed E-state index contributed by atoms with van der Waals surface area (Å²) in [4.78, 5) is 26.3. The molecule has 1 aromatic rings. The van der Waals surface area contributed by atoms with Crippen molar-refractivity contribution in [1.82, 2.24) is 10.2 Å². The van der Waals surface area contributed by atoms with Crippen LogP contribution < -0.4 is 10.6 Å². The highest BCUT2D eigenvalue weighted by atomic mass is 19.2. The molecule has 0 aromatic heterocycles. The molecule has 1 aromatic carbocycles. The smallest absolute Gasteiger partial charge is 0.241 e. The Hall–Kier alpha value is -2.09. The van der Waals surface area contributed by atoms with Crippen molar-refractivity contribution in [3.63, 3.8) is 0 Å². The molecule has 1 aliphatic heterocycles. The number of halogens is 3. The number of benzene rings is 1. The van der Waals surface area contributed by atoms with E-state index < -0.39 is 29.4 Å². The average molecular weight is 369 g/mol. The van der Waals surface area contributed by atoms with E-state index in [2.05, 4.69) is 10.6 Å². The Morgan fingerprint density at radius 3 is 2.35 bits per heavy atom. The first-order valence-electron chi connectivity index (χ1n) is 8.85. The van der Waals surface area contributed by atoms with Crippen molar-refractivity contribution in [2.24, 2.45) is 5.92 Å². The molecule has 0 bridgehead atoms. The number of anilines is 1. The first-order chi connectivity index (χ1) is 12.4. The van der Waals surface area contributed by atoms with Crippen LogP contribution in [0.15, 0.2) is 12.1 Å². The van der Waals surface area contributed by atoms with Gasteiger partial charge in [-0.2, -0.15) is 0 Å². The fourth-order valence-corrected chi connectivity index (χ4v) is 3.12. The molecule has 5 nitrogen and oxygen atoms in total. The molecule has 0 spiro atoms. The van der Waals surface area contributed by atoms with E-state index in [0.717, 1.165) is 25.0 Å². The van der Waals surface area contributed by atoms with Crippen LogP contribution in [-0.2, 0) is 9.59 Å². The van der Waals surface area contributed by atoms with Crippen LogP contribution in [0.3, 0.4) is 0 Å². The van der Waals surface area contributed by atoms with E-state index in [1.54, 1.807) is 6.92 Å². The number of piperidine rings is 1. The van der Waals surface area contributed by atoms with Crippen molar-refractivity contribution in [2.75, 3.05) is 18.4 Å². The number of carbonyl (C=O) groups is 2. The van der Waals surface area contributed by atoms with Crippen LogP contribution in [0.5, 0.6) is 0 Å². The molecule has 142 valence electrons. The highest BCUT2D eigenvalue weighted by molar-refractivity contribution is 5.94. The minimum Gasteiger partial charge on any atom is -0.353 e. The molecule has 1 heterocycles. The molecule has 2 aliphatic rings. The molecule has 1 saturated heterocycles. The molecule has 2 fully saturated rings. The van der Waals surface area contributed by atoms with Gasteiger partial charge in [0.2, 0.25) is 11.8 Å². The van der Waals surface area contributed by atoms with Crippen LogP contribution in [0.1, 0.15) is 32.6 Å². The number of nitrogens with zero attached hydrogens (tertiary/aromatic N) is 1. The maximum atomic E-state index is 13.7. The van der Waals surface area contributed by atoms with Crippen molar-refractivity contribution >= 4 is 17.5 Å². The number of amides is 2. The van der Waals surface area contributed by atoms with E-state index in [0.29, 0.717) is 32.0 Å². The highest BCUT2D eigenvalue weighted by Gasteiger charge is 2.32. The second kappa shape index (κ2) is 7.65. The summed E-state index contributed by atoms with van der Waals surface area (Å²) >= 11 is 0. The largest absolute Gasteiger partial charge is 0.353 e. The predicted octanol–water partition coefficient (Wildman–Crippen LogP) is 2.42. The number of rotatable bonds is 5. The summed E-state index contributed by atoms with van der Waals surface area (Å²) in [6, 6.07) is 1.52. The van der Waals surface area contributed by atoms with Gasteiger partial charge in [-0.25, -0.2) is 13.2 Å². The molecular weight excluding hydrogens is 347 g/mol. The Labute approximate surface area is 149 Å². The third-order valence-corrected chi connectivity index (χ3v) is 5.04. The Bertz CT molecular complexity index is 701. The molecule has 3 rings (SSSR count). The summed E-state index contributed by atoms with van der Waals surface area (Å²) in [5.41, 5.74) is -0.389. The van der Waals surface area contributed by atoms with Gasteiger partial charge in [-0.15, -0.1) is 0 Å². The molecule has 0 unspecified atom stereocenters. The second-order valence-electron chi connectivity index (χ2n) is 6.98. The molecule has 2 amide bonds. The zero-order chi connectivity index (χ0) is 18.8. The molecular formula is C18H22F3N3O2. The lowest BCUT2D eigenvalue weighted by Crippen LogP contribution is -2.48. The van der Waals surface area contributed by atoms with Crippen LogP contribution in [0.2, 0.25) is 0 Å². The maximum absolute atomic E-state index is 13.7. The van der Waals surface area contributed by atoms with Crippen LogP contribution in [0, 0.1) is 23.4 Å². The van der Waals surface area contributed by atoms with Gasteiger partial charge in [0.1, 0.15) is 0 Å². The number of likely N-dealkylation sites (tertiary alicyclic amines) is 1. The number of nitrogens with one attached hydrogen (secondary N) is 2. The predicted molar refractivity (Wildman–Crippen MR) is 89.9 cm³/mol. The van der Waals surface area contributed by atoms with E-state index in [1.165, 1.54) is 0 Å². The first-order valence-corrected chi connectivity index (χ1v) is 8.85. The SMILES string of the molecule is C[C@@H](C(=O)Nc1ccc(F)c(F)c1F)N1CCC(C(=O)NC2CC2)CC1. The van der Waals surface area contributed by atoms with Crippen LogP contribution >= 0.6 is 0 Å². The van der Waals surface area contributed by atoms with Crippen molar-refractivity contribution in [3.05, 3.63) is 29.6 Å². The molecule has 0 radical (unpaired) electrons. The Morgan fingerprint density at radius 1 is 1.08 bits per heavy atom. The Kier molecular flexibility index (Phi) is 5.50. The molecule has 1 atom stereocenters. The Balaban J connectivity index is 1.53. The van der Waals surface area contributed by atoms with Gasteiger partial charge in [-0.05, 0) is 57.8 Å². The van der Waals surface area contributed by atoms with Crippen LogP contribution in [0.25, 0.3) is 0 Å². The lowest BCUT2D eigenvalue weighted by Gasteiger charge is -2.34. The van der Waals surface area contributed by atoms with Crippen molar-refractivity contribution < 1.29 is 22.8 Å². The minimum atomic E-state index is -1.61. The van der Waals surface area contributed by atoms with Crippen LogP contribution in [-0.4, -0.2) is 41.9 Å². The fourth-order valence-electron chi connectivity index (χ4n) is 3.12. The third-order valence-electron chi connectivity index (χ3n) is 5.04. The number of hydrogen-bond donors (Lipinski definition) is 2. The molecule has 1 saturated carbocycles. The second-order valence-corrected chi connectivity index (χ2v) is 6.98. The van der Waals surface area contributed by atoms with Crippen molar-refractivity contribution in [3.8, 4) is 0 Å². The molecule has 1 aliphatic carbocycles. The highest BCUT2D eigenvalue weighted by Crippen LogP contribution is 2.24. The van der Waals surface area contributed by atoms with E-state index in [1.807, 2.05) is 4.90 Å². The van der Waals surface area contributed by atoms with E-state index in [4.69, 9.17) is 0 Å². The summed E-state index contributed by atoms with van der Waals surface area (Å²) in [5.74, 6) is -4.81. The fraction of sp³-hybridized carbons (Fsp3) is 0.556. The van der Waals surface area contributed by atoms with Gasteiger partial charge in [-0.3, -0.25) is 14.5 Å². The van der Waals surface area contributed by atoms with Gasteiger partial charge >= 0.3 is 0 Å². The topological polar surface area (TPSA) is 61.4 Å². The van der Waals surface area contributed by atoms with E-state index in [9.17, 15) is 22.8 Å². The van der Waals surface area contributed by atoms with Gasteiger partial charge in [-0.1, -0.05) is 0 Å². The Morgan fingerprint density at radius 2 is 1.73 bits per heavy atom. The van der Waals surface area contributed by atoms with E-state index >= 15 is 0 Å². The van der Waals surface area contributed by atoms with Gasteiger partial charge in [0.25, 0.3) is 0 Å². The summed E-state index contributed by atoms with van der Waals surface area (Å²) in [6.45, 7) is 2.80. The standard InChI is InChI=1S/C18H22F3N3O2/c1-10(17(25)23-14-5-4-13(19)15(20)16(14)21)24-8-6-11(7-9-24)18(26)22-12-2-3-12/h4-5,10-12H,2-3,6-9H2,1H3,(H,22,26)(H,23,25)/t10-/m0/s1. The van der Waals surface area contributed by atoms with Gasteiger partial charge in [0.05, 0.1) is 11.7 Å². The normalized spacial score (nSPS) is 19.8. The lowest BCUT2D eigenvalue weighted by molar-refractivity contribution is -0.127. The van der Waals surface area contributed by atoms with Crippen molar-refractivity contribution in [2.45, 2.75) is 44.7 Å². The third kappa shape index (κ3) is 4.17. The molecule has 8 heteroatoms. The first kappa shape index (κ1) is 18.7. The van der Waals surface area contributed by atoms with E-state index in [-0.39, 0.29) is 17.5 Å². The zero-order valence-electron chi connectivity index (χ0n) is 14.5. The zero-order valence-corrected chi connectivity index (χ0v) is 14.5. The lowest BCUT2D eigenvalue weighted by atomic mass is 9.95. The number of hydrogen-bond acceptors (Lipinski definition) is 3. The number of carbonyl (C=O) groups excluding carboxylic acids is 2. The molecule has 2 N–H and O–H groups in total. The summed E-state index contributed by atoms with van der Waals surface area (Å²) < 4.78 is 39.9. The molecule has 26 heavy (non-hydrogen) atoms. The minimum absolute atomic E-state index is 0.0502. The maximum Gasteiger partial charge on any atom is 0.241 e.